The van der Waals surface area contributed by atoms with Gasteiger partial charge in [0.1, 0.15) is 17.4 Å². The van der Waals surface area contributed by atoms with E-state index in [1.165, 1.54) is 16.8 Å². The molecule has 7 nitrogen and oxygen atoms in total. The number of anilines is 2. The second kappa shape index (κ2) is 11.6. The summed E-state index contributed by atoms with van der Waals surface area (Å²) in [5.41, 5.74) is 3.35. The molecule has 2 aliphatic heterocycles. The predicted octanol–water partition coefficient (Wildman–Crippen LogP) is 6.94. The van der Waals surface area contributed by atoms with Gasteiger partial charge in [0.25, 0.3) is 6.43 Å². The maximum absolute atomic E-state index is 13.9. The highest BCUT2D eigenvalue weighted by Gasteiger charge is 2.60. The van der Waals surface area contributed by atoms with Gasteiger partial charge in [-0.05, 0) is 73.3 Å². The van der Waals surface area contributed by atoms with Gasteiger partial charge in [-0.15, -0.1) is 0 Å². The van der Waals surface area contributed by atoms with Crippen LogP contribution in [0.2, 0.25) is 5.02 Å². The lowest BCUT2D eigenvalue weighted by molar-refractivity contribution is -0.157. The van der Waals surface area contributed by atoms with Crippen molar-refractivity contribution in [2.45, 2.75) is 50.7 Å². The number of aromatic carboxylic acids is 1. The van der Waals surface area contributed by atoms with Gasteiger partial charge in [0, 0.05) is 67.8 Å². The van der Waals surface area contributed by atoms with E-state index in [4.69, 9.17) is 11.6 Å². The largest absolute Gasteiger partial charge is 0.478 e. The second-order valence-corrected chi connectivity index (χ2v) is 13.4. The molecule has 2 aromatic carbocycles. The number of carboxylic acid groups (broad SMARTS) is 1. The number of hydrogen-bond acceptors (Lipinski definition) is 5. The third kappa shape index (κ3) is 5.23. The zero-order chi connectivity index (χ0) is 30.6. The van der Waals surface area contributed by atoms with E-state index in [0.717, 1.165) is 81.5 Å². The third-order valence-electron chi connectivity index (χ3n) is 10.5. The fourth-order valence-corrected chi connectivity index (χ4v) is 8.22. The number of carboxylic acids is 1. The molecule has 0 radical (unpaired) electrons. The molecule has 11 heteroatoms. The molecule has 0 spiro atoms. The Bertz CT molecular complexity index is 1530. The summed E-state index contributed by atoms with van der Waals surface area (Å²) in [6, 6.07) is 13.9. The summed E-state index contributed by atoms with van der Waals surface area (Å²) >= 11 is 6.45. The lowest BCUT2D eigenvalue weighted by Crippen LogP contribution is -2.63. The van der Waals surface area contributed by atoms with Crippen molar-refractivity contribution in [3.63, 3.8) is 0 Å². The van der Waals surface area contributed by atoms with Crippen molar-refractivity contribution < 1.29 is 23.1 Å². The van der Waals surface area contributed by atoms with Crippen molar-refractivity contribution >= 4 is 28.9 Å². The van der Waals surface area contributed by atoms with Crippen molar-refractivity contribution in [2.75, 3.05) is 55.6 Å². The molecular formula is C33H37ClF3N5O2. The van der Waals surface area contributed by atoms with E-state index in [1.807, 2.05) is 18.2 Å². The van der Waals surface area contributed by atoms with Crippen molar-refractivity contribution in [3.8, 4) is 11.1 Å². The first-order valence-corrected chi connectivity index (χ1v) is 16.0. The molecule has 2 saturated heterocycles. The fraction of sp³-hybridized carbons (Fsp3) is 0.515. The van der Waals surface area contributed by atoms with Crippen LogP contribution in [-0.2, 0) is 0 Å². The van der Waals surface area contributed by atoms with Gasteiger partial charge in [0.15, 0.2) is 0 Å². The van der Waals surface area contributed by atoms with Gasteiger partial charge in [-0.1, -0.05) is 29.8 Å². The summed E-state index contributed by atoms with van der Waals surface area (Å²) in [5.74, 6) is -1.11. The quantitative estimate of drug-likeness (QED) is 0.292. The molecule has 1 aromatic heterocycles. The number of rotatable bonds is 8. The number of fused-ring (bicyclic) bond motifs is 1. The number of piperidine rings is 1. The summed E-state index contributed by atoms with van der Waals surface area (Å²) in [5, 5.41) is 14.1. The van der Waals surface area contributed by atoms with Crippen LogP contribution >= 0.6 is 11.6 Å². The summed E-state index contributed by atoms with van der Waals surface area (Å²) in [6.45, 7) is 6.02. The summed E-state index contributed by atoms with van der Waals surface area (Å²) in [4.78, 5) is 18.6. The van der Waals surface area contributed by atoms with E-state index in [2.05, 4.69) is 44.1 Å². The molecule has 44 heavy (non-hydrogen) atoms. The van der Waals surface area contributed by atoms with Crippen LogP contribution in [0, 0.1) is 11.3 Å². The Morgan fingerprint density at radius 3 is 2.45 bits per heavy atom. The van der Waals surface area contributed by atoms with Crippen LogP contribution in [0.1, 0.15) is 60.6 Å². The molecular weight excluding hydrogens is 591 g/mol. The summed E-state index contributed by atoms with van der Waals surface area (Å²) in [6.07, 6.45) is 1.83. The van der Waals surface area contributed by atoms with E-state index in [1.54, 1.807) is 0 Å². The fourth-order valence-electron chi connectivity index (χ4n) is 8.06. The molecule has 3 heterocycles. The first kappa shape index (κ1) is 29.5. The normalized spacial score (nSPS) is 27.2. The Morgan fingerprint density at radius 1 is 1.05 bits per heavy atom. The minimum atomic E-state index is -2.94. The number of nitrogens with zero attached hydrogens (tertiary/aromatic N) is 5. The number of benzene rings is 2. The van der Waals surface area contributed by atoms with Gasteiger partial charge in [-0.2, -0.15) is 5.10 Å². The molecule has 4 fully saturated rings. The number of carbonyl (C=O) groups is 1. The number of hydrogen-bond donors (Lipinski definition) is 1. The second-order valence-electron chi connectivity index (χ2n) is 12.9. The molecule has 2 saturated carbocycles. The number of alkyl halides is 3. The summed E-state index contributed by atoms with van der Waals surface area (Å²) < 4.78 is 42.9. The predicted molar refractivity (Wildman–Crippen MR) is 165 cm³/mol. The number of aromatic nitrogens is 2. The minimum Gasteiger partial charge on any atom is -0.478 e. The van der Waals surface area contributed by atoms with Gasteiger partial charge in [0.05, 0.1) is 12.2 Å². The molecule has 7 rings (SSSR count). The molecule has 0 bridgehead atoms. The molecule has 2 aliphatic carbocycles. The van der Waals surface area contributed by atoms with E-state index in [0.29, 0.717) is 23.9 Å². The van der Waals surface area contributed by atoms with Crippen LogP contribution in [0.4, 0.5) is 24.5 Å². The van der Waals surface area contributed by atoms with Crippen molar-refractivity contribution in [2.24, 2.45) is 11.3 Å². The highest BCUT2D eigenvalue weighted by Crippen LogP contribution is 2.62. The van der Waals surface area contributed by atoms with Gasteiger partial charge in [-0.3, -0.25) is 9.58 Å². The Hall–Kier alpha value is -3.24. The SMILES string of the molecule is O=C(O)c1cnn(C2CCCN(c3cc(Cl)ccc3-c3ccc(N4CCN(CC56CCC5C(F)C6)CC4)cc3)C2)c1C(F)F. The maximum atomic E-state index is 13.9. The summed E-state index contributed by atoms with van der Waals surface area (Å²) in [7, 11) is 0. The molecule has 4 atom stereocenters. The minimum absolute atomic E-state index is 0.249. The molecule has 1 N–H and O–H groups in total. The lowest BCUT2D eigenvalue weighted by atomic mass is 9.46. The zero-order valence-corrected chi connectivity index (χ0v) is 25.3. The topological polar surface area (TPSA) is 64.8 Å². The average Bonchev–Trinajstić information content (AvgIpc) is 3.47. The van der Waals surface area contributed by atoms with Crippen molar-refractivity contribution in [1.29, 1.82) is 0 Å². The van der Waals surface area contributed by atoms with Crippen LogP contribution in [0.3, 0.4) is 0 Å². The van der Waals surface area contributed by atoms with Crippen LogP contribution in [0.25, 0.3) is 11.1 Å². The molecule has 4 aliphatic rings. The highest BCUT2D eigenvalue weighted by molar-refractivity contribution is 6.31. The van der Waals surface area contributed by atoms with Crippen LogP contribution in [0.15, 0.2) is 48.7 Å². The Labute approximate surface area is 260 Å². The van der Waals surface area contributed by atoms with E-state index in [9.17, 15) is 23.1 Å². The first-order valence-electron chi connectivity index (χ1n) is 15.6. The molecule has 4 unspecified atom stereocenters. The van der Waals surface area contributed by atoms with E-state index in [-0.39, 0.29) is 5.41 Å². The van der Waals surface area contributed by atoms with Gasteiger partial charge in [0.2, 0.25) is 0 Å². The standard InChI is InChI=1S/C33H37ClF3N5O2/c34-22-5-8-25(29(16-22)41-11-1-2-24(19-41)42-30(31(36)37)26(18-38-42)32(43)44)21-3-6-23(7-4-21)40-14-12-39(13-15-40)20-33-10-9-27(33)28(35)17-33/h3-8,16,18,24,27-28,31H,1-2,9-15,17,19-20H2,(H,43,44). The van der Waals surface area contributed by atoms with Crippen molar-refractivity contribution in [1.82, 2.24) is 14.7 Å². The van der Waals surface area contributed by atoms with Crippen molar-refractivity contribution in [3.05, 3.63) is 64.9 Å². The lowest BCUT2D eigenvalue weighted by Gasteiger charge is -2.62. The monoisotopic (exact) mass is 627 g/mol. The Kier molecular flexibility index (Phi) is 7.77. The van der Waals surface area contributed by atoms with Crippen LogP contribution < -0.4 is 9.80 Å². The Balaban J connectivity index is 1.05. The molecule has 0 amide bonds. The molecule has 3 aromatic rings. The molecule has 234 valence electrons. The maximum Gasteiger partial charge on any atom is 0.339 e. The van der Waals surface area contributed by atoms with Gasteiger partial charge in [-0.25, -0.2) is 18.0 Å². The van der Waals surface area contributed by atoms with Crippen LogP contribution in [0.5, 0.6) is 0 Å². The number of piperazine rings is 1. The Morgan fingerprint density at radius 2 is 1.82 bits per heavy atom. The first-order chi connectivity index (χ1) is 21.2. The van der Waals surface area contributed by atoms with E-state index >= 15 is 0 Å². The van der Waals surface area contributed by atoms with Gasteiger partial charge >= 0.3 is 5.97 Å². The smallest absolute Gasteiger partial charge is 0.339 e. The third-order valence-corrected chi connectivity index (χ3v) is 10.8. The van der Waals surface area contributed by atoms with Crippen LogP contribution in [-0.4, -0.2) is 77.7 Å². The van der Waals surface area contributed by atoms with Gasteiger partial charge < -0.3 is 14.9 Å². The van der Waals surface area contributed by atoms with E-state index < -0.39 is 35.9 Å². The highest BCUT2D eigenvalue weighted by atomic mass is 35.5. The average molecular weight is 628 g/mol. The zero-order valence-electron chi connectivity index (χ0n) is 24.5. The number of halogens is 4.